The van der Waals surface area contributed by atoms with Crippen LogP contribution in [-0.2, 0) is 0 Å². The molecule has 0 atom stereocenters. The first-order valence-electron chi connectivity index (χ1n) is 3.00. The maximum absolute atomic E-state index is 8.22. The summed E-state index contributed by atoms with van der Waals surface area (Å²) in [4.78, 5) is 3.99. The number of halogens is 1. The standard InChI is InChI=1S/C8H5BrN2/c9-8-4-3-7(6-11-8)2-1-5-10/h1-4,6H. The molecule has 54 valence electrons. The molecule has 0 spiro atoms. The van der Waals surface area contributed by atoms with E-state index in [9.17, 15) is 0 Å². The van der Waals surface area contributed by atoms with Crippen LogP contribution in [0.25, 0.3) is 6.08 Å². The van der Waals surface area contributed by atoms with E-state index in [1.807, 2.05) is 18.2 Å². The molecule has 11 heavy (non-hydrogen) atoms. The van der Waals surface area contributed by atoms with Crippen molar-refractivity contribution in [2.75, 3.05) is 0 Å². The van der Waals surface area contributed by atoms with Gasteiger partial charge in [0.2, 0.25) is 0 Å². The molecular weight excluding hydrogens is 204 g/mol. The average molecular weight is 209 g/mol. The van der Waals surface area contributed by atoms with E-state index >= 15 is 0 Å². The molecule has 0 aliphatic carbocycles. The molecule has 0 bridgehead atoms. The van der Waals surface area contributed by atoms with Gasteiger partial charge in [-0.2, -0.15) is 5.26 Å². The van der Waals surface area contributed by atoms with Crippen LogP contribution in [0.4, 0.5) is 0 Å². The lowest BCUT2D eigenvalue weighted by Crippen LogP contribution is -1.75. The van der Waals surface area contributed by atoms with Gasteiger partial charge in [-0.05, 0) is 33.6 Å². The first-order valence-corrected chi connectivity index (χ1v) is 3.80. The molecule has 2 nitrogen and oxygen atoms in total. The lowest BCUT2D eigenvalue weighted by Gasteiger charge is -1.90. The van der Waals surface area contributed by atoms with Gasteiger partial charge in [-0.1, -0.05) is 6.07 Å². The van der Waals surface area contributed by atoms with Crippen LogP contribution < -0.4 is 0 Å². The van der Waals surface area contributed by atoms with Gasteiger partial charge in [-0.3, -0.25) is 0 Å². The second kappa shape index (κ2) is 3.89. The normalized spacial score (nSPS) is 9.82. The maximum Gasteiger partial charge on any atom is 0.106 e. The Bertz CT molecular complexity index is 295. The van der Waals surface area contributed by atoms with Gasteiger partial charge >= 0.3 is 0 Å². The number of pyridine rings is 1. The Kier molecular flexibility index (Phi) is 2.82. The summed E-state index contributed by atoms with van der Waals surface area (Å²) in [6.07, 6.45) is 4.82. The van der Waals surface area contributed by atoms with Crippen molar-refractivity contribution in [1.29, 1.82) is 5.26 Å². The third kappa shape index (κ3) is 2.52. The van der Waals surface area contributed by atoms with Crippen molar-refractivity contribution in [1.82, 2.24) is 4.98 Å². The van der Waals surface area contributed by atoms with Gasteiger partial charge in [0.05, 0.1) is 6.07 Å². The number of hydrogen-bond donors (Lipinski definition) is 0. The predicted octanol–water partition coefficient (Wildman–Crippen LogP) is 2.38. The van der Waals surface area contributed by atoms with Gasteiger partial charge in [-0.15, -0.1) is 0 Å². The molecule has 0 fully saturated rings. The van der Waals surface area contributed by atoms with E-state index in [0.717, 1.165) is 10.2 Å². The molecule has 1 rings (SSSR count). The Hall–Kier alpha value is -1.14. The summed E-state index contributed by atoms with van der Waals surface area (Å²) in [7, 11) is 0. The molecule has 0 saturated carbocycles. The fourth-order valence-electron chi connectivity index (χ4n) is 0.619. The SMILES string of the molecule is N#CC=Cc1ccc(Br)nc1. The van der Waals surface area contributed by atoms with Crippen molar-refractivity contribution in [2.45, 2.75) is 0 Å². The number of nitriles is 1. The van der Waals surface area contributed by atoms with Gasteiger partial charge in [-0.25, -0.2) is 4.98 Å². The Morgan fingerprint density at radius 3 is 2.91 bits per heavy atom. The smallest absolute Gasteiger partial charge is 0.106 e. The molecule has 1 heterocycles. The maximum atomic E-state index is 8.22. The molecule has 0 N–H and O–H groups in total. The number of hydrogen-bond acceptors (Lipinski definition) is 2. The Morgan fingerprint density at radius 2 is 2.36 bits per heavy atom. The molecule has 0 aromatic carbocycles. The number of allylic oxidation sites excluding steroid dienone is 1. The highest BCUT2D eigenvalue weighted by Gasteiger charge is 1.86. The average Bonchev–Trinajstić information content (AvgIpc) is 2.04. The summed E-state index contributed by atoms with van der Waals surface area (Å²) in [6, 6.07) is 5.62. The van der Waals surface area contributed by atoms with Crippen LogP contribution in [0.2, 0.25) is 0 Å². The largest absolute Gasteiger partial charge is 0.249 e. The summed E-state index contributed by atoms with van der Waals surface area (Å²) in [5.74, 6) is 0. The summed E-state index contributed by atoms with van der Waals surface area (Å²) in [5, 5.41) is 8.22. The van der Waals surface area contributed by atoms with E-state index in [0.29, 0.717) is 0 Å². The first-order chi connectivity index (χ1) is 5.33. The molecular formula is C8H5BrN2. The summed E-state index contributed by atoms with van der Waals surface area (Å²) in [5.41, 5.74) is 0.926. The molecule has 0 saturated heterocycles. The van der Waals surface area contributed by atoms with Crippen LogP contribution >= 0.6 is 15.9 Å². The van der Waals surface area contributed by atoms with Crippen molar-refractivity contribution >= 4 is 22.0 Å². The highest BCUT2D eigenvalue weighted by Crippen LogP contribution is 2.06. The van der Waals surface area contributed by atoms with Crippen molar-refractivity contribution in [3.8, 4) is 6.07 Å². The van der Waals surface area contributed by atoms with Gasteiger partial charge < -0.3 is 0 Å². The third-order valence-electron chi connectivity index (χ3n) is 1.10. The molecule has 1 aromatic heterocycles. The topological polar surface area (TPSA) is 36.7 Å². The highest BCUT2D eigenvalue weighted by molar-refractivity contribution is 9.10. The van der Waals surface area contributed by atoms with Crippen LogP contribution in [0.15, 0.2) is 29.0 Å². The monoisotopic (exact) mass is 208 g/mol. The fourth-order valence-corrected chi connectivity index (χ4v) is 0.854. The zero-order chi connectivity index (χ0) is 8.10. The lowest BCUT2D eigenvalue weighted by atomic mass is 10.3. The number of nitrogens with zero attached hydrogens (tertiary/aromatic N) is 2. The van der Waals surface area contributed by atoms with Crippen LogP contribution in [0.3, 0.4) is 0 Å². The molecule has 1 aromatic rings. The summed E-state index contributed by atoms with van der Waals surface area (Å²) >= 11 is 3.21. The van der Waals surface area contributed by atoms with Crippen LogP contribution in [-0.4, -0.2) is 4.98 Å². The highest BCUT2D eigenvalue weighted by atomic mass is 79.9. The van der Waals surface area contributed by atoms with Gasteiger partial charge in [0.1, 0.15) is 4.60 Å². The van der Waals surface area contributed by atoms with Crippen LogP contribution in [0.5, 0.6) is 0 Å². The summed E-state index contributed by atoms with van der Waals surface area (Å²) in [6.45, 7) is 0. The Balaban J connectivity index is 2.84. The third-order valence-corrected chi connectivity index (χ3v) is 1.57. The number of rotatable bonds is 1. The van der Waals surface area contributed by atoms with E-state index in [1.54, 1.807) is 12.3 Å². The van der Waals surface area contributed by atoms with Crippen LogP contribution in [0.1, 0.15) is 5.56 Å². The zero-order valence-electron chi connectivity index (χ0n) is 5.66. The molecule has 0 unspecified atom stereocenters. The molecule has 3 heteroatoms. The minimum Gasteiger partial charge on any atom is -0.249 e. The quantitative estimate of drug-likeness (QED) is 0.525. The van der Waals surface area contributed by atoms with E-state index < -0.39 is 0 Å². The van der Waals surface area contributed by atoms with E-state index in [2.05, 4.69) is 20.9 Å². The van der Waals surface area contributed by atoms with Crippen molar-refractivity contribution in [2.24, 2.45) is 0 Å². The summed E-state index contributed by atoms with van der Waals surface area (Å²) < 4.78 is 0.798. The van der Waals surface area contributed by atoms with Crippen molar-refractivity contribution in [3.05, 3.63) is 34.6 Å². The van der Waals surface area contributed by atoms with Gasteiger partial charge in [0.25, 0.3) is 0 Å². The van der Waals surface area contributed by atoms with E-state index in [4.69, 9.17) is 5.26 Å². The van der Waals surface area contributed by atoms with Crippen molar-refractivity contribution in [3.63, 3.8) is 0 Å². The Morgan fingerprint density at radius 1 is 1.55 bits per heavy atom. The second-order valence-electron chi connectivity index (χ2n) is 1.88. The molecule has 0 radical (unpaired) electrons. The Labute approximate surface area is 73.3 Å². The molecule has 0 amide bonds. The minimum atomic E-state index is 0.798. The van der Waals surface area contributed by atoms with Crippen molar-refractivity contribution < 1.29 is 0 Å². The molecule has 0 aliphatic rings. The van der Waals surface area contributed by atoms with E-state index in [-0.39, 0.29) is 0 Å². The fraction of sp³-hybridized carbons (Fsp3) is 0. The first kappa shape index (κ1) is 7.96. The predicted molar refractivity (Wildman–Crippen MR) is 46.6 cm³/mol. The van der Waals surface area contributed by atoms with Gasteiger partial charge in [0.15, 0.2) is 0 Å². The van der Waals surface area contributed by atoms with E-state index in [1.165, 1.54) is 6.08 Å². The number of aromatic nitrogens is 1. The minimum absolute atomic E-state index is 0.798. The molecule has 0 aliphatic heterocycles. The lowest BCUT2D eigenvalue weighted by molar-refractivity contribution is 1.27. The van der Waals surface area contributed by atoms with Crippen LogP contribution in [0, 0.1) is 11.3 Å². The second-order valence-corrected chi connectivity index (χ2v) is 2.69. The zero-order valence-corrected chi connectivity index (χ0v) is 7.25. The van der Waals surface area contributed by atoms with Gasteiger partial charge in [0, 0.05) is 12.3 Å².